The topological polar surface area (TPSA) is 61.0 Å². The van der Waals surface area contributed by atoms with Crippen LogP contribution in [0.5, 0.6) is 5.88 Å². The standard InChI is InChI=1S/C9H15N3O/c1-7(2)13-9-8(3-4-10)5-11-6-12-9/h5-7H,3-4,10H2,1-2H3. The van der Waals surface area contributed by atoms with Gasteiger partial charge in [-0.3, -0.25) is 0 Å². The molecule has 1 rings (SSSR count). The minimum absolute atomic E-state index is 0.131. The minimum Gasteiger partial charge on any atom is -0.475 e. The van der Waals surface area contributed by atoms with Crippen LogP contribution in [0.4, 0.5) is 0 Å². The molecule has 0 aliphatic rings. The highest BCUT2D eigenvalue weighted by atomic mass is 16.5. The van der Waals surface area contributed by atoms with Crippen LogP contribution in [0.3, 0.4) is 0 Å². The first-order valence-electron chi connectivity index (χ1n) is 4.39. The molecule has 1 aromatic rings. The lowest BCUT2D eigenvalue weighted by atomic mass is 10.2. The number of hydrogen-bond donors (Lipinski definition) is 1. The summed E-state index contributed by atoms with van der Waals surface area (Å²) >= 11 is 0. The molecule has 0 atom stereocenters. The summed E-state index contributed by atoms with van der Waals surface area (Å²) in [4.78, 5) is 7.97. The second kappa shape index (κ2) is 4.77. The molecule has 2 N–H and O–H groups in total. The molecule has 1 heterocycles. The van der Waals surface area contributed by atoms with Crippen molar-refractivity contribution in [3.8, 4) is 5.88 Å². The molecule has 0 aliphatic heterocycles. The van der Waals surface area contributed by atoms with Gasteiger partial charge in [-0.15, -0.1) is 0 Å². The van der Waals surface area contributed by atoms with E-state index in [2.05, 4.69) is 9.97 Å². The van der Waals surface area contributed by atoms with Gasteiger partial charge in [0.05, 0.1) is 6.10 Å². The van der Waals surface area contributed by atoms with Crippen LogP contribution >= 0.6 is 0 Å². The van der Waals surface area contributed by atoms with Crippen LogP contribution < -0.4 is 10.5 Å². The number of nitrogens with two attached hydrogens (primary N) is 1. The van der Waals surface area contributed by atoms with Crippen LogP contribution in [-0.2, 0) is 6.42 Å². The summed E-state index contributed by atoms with van der Waals surface area (Å²) in [7, 11) is 0. The Morgan fingerprint density at radius 1 is 1.54 bits per heavy atom. The Balaban J connectivity index is 2.78. The van der Waals surface area contributed by atoms with E-state index < -0.39 is 0 Å². The fraction of sp³-hybridized carbons (Fsp3) is 0.556. The molecular formula is C9H15N3O. The van der Waals surface area contributed by atoms with Crippen molar-refractivity contribution in [2.45, 2.75) is 26.4 Å². The zero-order valence-corrected chi connectivity index (χ0v) is 8.03. The maximum atomic E-state index is 5.49. The van der Waals surface area contributed by atoms with Gasteiger partial charge < -0.3 is 10.5 Å². The van der Waals surface area contributed by atoms with Crippen molar-refractivity contribution in [3.63, 3.8) is 0 Å². The third-order valence-electron chi connectivity index (χ3n) is 1.51. The van der Waals surface area contributed by atoms with Crippen LogP contribution in [0.1, 0.15) is 19.4 Å². The average Bonchev–Trinajstić information content (AvgIpc) is 2.08. The van der Waals surface area contributed by atoms with Gasteiger partial charge in [-0.2, -0.15) is 0 Å². The summed E-state index contributed by atoms with van der Waals surface area (Å²) in [5.41, 5.74) is 6.42. The zero-order valence-electron chi connectivity index (χ0n) is 8.03. The highest BCUT2D eigenvalue weighted by Gasteiger charge is 2.05. The quantitative estimate of drug-likeness (QED) is 0.745. The lowest BCUT2D eigenvalue weighted by molar-refractivity contribution is 0.229. The molecule has 0 saturated carbocycles. The molecule has 0 spiro atoms. The van der Waals surface area contributed by atoms with E-state index in [1.54, 1.807) is 6.20 Å². The van der Waals surface area contributed by atoms with Crippen LogP contribution in [-0.4, -0.2) is 22.6 Å². The third-order valence-corrected chi connectivity index (χ3v) is 1.51. The van der Waals surface area contributed by atoms with Gasteiger partial charge in [0, 0.05) is 11.8 Å². The van der Waals surface area contributed by atoms with E-state index in [9.17, 15) is 0 Å². The summed E-state index contributed by atoms with van der Waals surface area (Å²) in [6.07, 6.45) is 4.12. The zero-order chi connectivity index (χ0) is 9.68. The molecule has 0 fully saturated rings. The summed E-state index contributed by atoms with van der Waals surface area (Å²) in [6.45, 7) is 4.52. The predicted octanol–water partition coefficient (Wildman–Crippen LogP) is 0.765. The average molecular weight is 181 g/mol. The van der Waals surface area contributed by atoms with Crippen molar-refractivity contribution in [2.24, 2.45) is 5.73 Å². The fourth-order valence-electron chi connectivity index (χ4n) is 1.00. The van der Waals surface area contributed by atoms with Gasteiger partial charge in [-0.05, 0) is 26.8 Å². The molecule has 0 aromatic carbocycles. The van der Waals surface area contributed by atoms with E-state index in [0.29, 0.717) is 12.4 Å². The normalized spacial score (nSPS) is 10.5. The number of nitrogens with zero attached hydrogens (tertiary/aromatic N) is 2. The molecule has 0 aliphatic carbocycles. The van der Waals surface area contributed by atoms with Gasteiger partial charge >= 0.3 is 0 Å². The van der Waals surface area contributed by atoms with Crippen LogP contribution in [0.2, 0.25) is 0 Å². The fourth-order valence-corrected chi connectivity index (χ4v) is 1.00. The molecule has 0 radical (unpaired) electrons. The molecule has 0 bridgehead atoms. The predicted molar refractivity (Wildman–Crippen MR) is 50.6 cm³/mol. The Hall–Kier alpha value is -1.16. The minimum atomic E-state index is 0.131. The van der Waals surface area contributed by atoms with Gasteiger partial charge in [-0.1, -0.05) is 0 Å². The second-order valence-corrected chi connectivity index (χ2v) is 3.06. The van der Waals surface area contributed by atoms with E-state index >= 15 is 0 Å². The van der Waals surface area contributed by atoms with Crippen molar-refractivity contribution in [1.29, 1.82) is 0 Å². The maximum absolute atomic E-state index is 5.49. The Bertz CT molecular complexity index is 263. The van der Waals surface area contributed by atoms with Crippen LogP contribution in [0.25, 0.3) is 0 Å². The second-order valence-electron chi connectivity index (χ2n) is 3.06. The molecule has 4 nitrogen and oxygen atoms in total. The van der Waals surface area contributed by atoms with Crippen LogP contribution in [0.15, 0.2) is 12.5 Å². The third kappa shape index (κ3) is 2.99. The molecule has 0 amide bonds. The largest absolute Gasteiger partial charge is 0.475 e. The van der Waals surface area contributed by atoms with E-state index in [1.165, 1.54) is 6.33 Å². The Morgan fingerprint density at radius 3 is 2.92 bits per heavy atom. The van der Waals surface area contributed by atoms with Gasteiger partial charge in [0.1, 0.15) is 6.33 Å². The van der Waals surface area contributed by atoms with E-state index in [-0.39, 0.29) is 6.10 Å². The van der Waals surface area contributed by atoms with E-state index in [1.807, 2.05) is 13.8 Å². The molecule has 0 unspecified atom stereocenters. The summed E-state index contributed by atoms with van der Waals surface area (Å²) in [5.74, 6) is 0.649. The number of hydrogen-bond acceptors (Lipinski definition) is 4. The Labute approximate surface area is 78.1 Å². The highest BCUT2D eigenvalue weighted by Crippen LogP contribution is 2.14. The highest BCUT2D eigenvalue weighted by molar-refractivity contribution is 5.22. The molecule has 13 heavy (non-hydrogen) atoms. The Morgan fingerprint density at radius 2 is 2.31 bits per heavy atom. The summed E-state index contributed by atoms with van der Waals surface area (Å²) in [5, 5.41) is 0. The number of ether oxygens (including phenoxy) is 1. The first-order valence-corrected chi connectivity index (χ1v) is 4.39. The number of rotatable bonds is 4. The molecular weight excluding hydrogens is 166 g/mol. The van der Waals surface area contributed by atoms with Gasteiger partial charge in [0.25, 0.3) is 0 Å². The van der Waals surface area contributed by atoms with Gasteiger partial charge in [0.15, 0.2) is 0 Å². The van der Waals surface area contributed by atoms with Crippen molar-refractivity contribution >= 4 is 0 Å². The SMILES string of the molecule is CC(C)Oc1ncncc1CCN. The van der Waals surface area contributed by atoms with E-state index in [4.69, 9.17) is 10.5 Å². The molecule has 1 aromatic heterocycles. The lowest BCUT2D eigenvalue weighted by Gasteiger charge is -2.11. The monoisotopic (exact) mass is 181 g/mol. The number of aromatic nitrogens is 2. The molecule has 4 heteroatoms. The van der Waals surface area contributed by atoms with Crippen molar-refractivity contribution in [3.05, 3.63) is 18.1 Å². The van der Waals surface area contributed by atoms with Crippen LogP contribution in [0, 0.1) is 0 Å². The molecule has 72 valence electrons. The van der Waals surface area contributed by atoms with Gasteiger partial charge in [0.2, 0.25) is 5.88 Å². The van der Waals surface area contributed by atoms with Gasteiger partial charge in [-0.25, -0.2) is 9.97 Å². The van der Waals surface area contributed by atoms with Crippen molar-refractivity contribution in [2.75, 3.05) is 6.54 Å². The van der Waals surface area contributed by atoms with E-state index in [0.717, 1.165) is 12.0 Å². The first-order chi connectivity index (χ1) is 6.24. The van der Waals surface area contributed by atoms with Crippen molar-refractivity contribution in [1.82, 2.24) is 9.97 Å². The first kappa shape index (κ1) is 9.92. The summed E-state index contributed by atoms with van der Waals surface area (Å²) < 4.78 is 5.49. The maximum Gasteiger partial charge on any atom is 0.219 e. The lowest BCUT2D eigenvalue weighted by Crippen LogP contribution is -2.11. The Kier molecular flexibility index (Phi) is 3.64. The molecule has 0 saturated heterocycles. The summed E-state index contributed by atoms with van der Waals surface area (Å²) in [6, 6.07) is 0. The van der Waals surface area contributed by atoms with Crippen molar-refractivity contribution < 1.29 is 4.74 Å². The smallest absolute Gasteiger partial charge is 0.219 e.